The van der Waals surface area contributed by atoms with Crippen LogP contribution < -0.4 is 0 Å². The number of esters is 2. The second-order valence-corrected chi connectivity index (χ2v) is 4.82. The van der Waals surface area contributed by atoms with Crippen LogP contribution in [0.1, 0.15) is 0 Å². The van der Waals surface area contributed by atoms with Crippen molar-refractivity contribution in [2.24, 2.45) is 5.92 Å². The summed E-state index contributed by atoms with van der Waals surface area (Å²) < 4.78 is 33.3. The van der Waals surface area contributed by atoms with Crippen molar-refractivity contribution >= 4 is 51.6 Å². The molecule has 0 aromatic carbocycles. The minimum Gasteiger partial charge on any atom is -0.391 e. The molecule has 1 fully saturated rings. The molecule has 6 nitrogen and oxygen atoms in total. The maximum atomic E-state index is 11.3. The Balaban J connectivity index is 0.00000128. The van der Waals surface area contributed by atoms with Crippen LogP contribution in [0.25, 0.3) is 0 Å². The zero-order valence-electron chi connectivity index (χ0n) is 8.28. The number of fused-ring (bicyclic) bond motifs is 1. The van der Waals surface area contributed by atoms with Gasteiger partial charge in [-0.05, 0) is 6.08 Å². The molecule has 1 aliphatic carbocycles. The Morgan fingerprint density at radius 2 is 1.94 bits per heavy atom. The zero-order chi connectivity index (χ0) is 11.3. The number of carbonyl (C=O) groups is 2. The fourth-order valence-corrected chi connectivity index (χ4v) is 2.65. The van der Waals surface area contributed by atoms with Gasteiger partial charge in [0.1, 0.15) is 5.92 Å². The van der Waals surface area contributed by atoms with Gasteiger partial charge in [0.15, 0.2) is 0 Å². The SMILES string of the molecule is O=C1OC(=O)C2(S(=O)(=O)O)C=CC=CC12.[Na]. The molecule has 81 valence electrons. The molecule has 2 atom stereocenters. The van der Waals surface area contributed by atoms with Crippen molar-refractivity contribution < 1.29 is 27.3 Å². The first-order valence-electron chi connectivity index (χ1n) is 3.99. The van der Waals surface area contributed by atoms with Crippen LogP contribution in [0.5, 0.6) is 0 Å². The summed E-state index contributed by atoms with van der Waals surface area (Å²) >= 11 is 0. The van der Waals surface area contributed by atoms with Gasteiger partial charge in [-0.2, -0.15) is 8.42 Å². The molecule has 1 N–H and O–H groups in total. The molecule has 1 saturated heterocycles. The summed E-state index contributed by atoms with van der Waals surface area (Å²) in [4.78, 5) is 22.5. The first-order valence-corrected chi connectivity index (χ1v) is 5.43. The molecule has 2 aliphatic rings. The molecular formula is C8H6NaO6S. The number of carbonyl (C=O) groups excluding carboxylic acids is 2. The minimum atomic E-state index is -4.74. The van der Waals surface area contributed by atoms with E-state index in [2.05, 4.69) is 4.74 Å². The largest absolute Gasteiger partial charge is 0.391 e. The van der Waals surface area contributed by atoms with Gasteiger partial charge in [0.2, 0.25) is 4.75 Å². The molecule has 0 saturated carbocycles. The number of hydrogen-bond donors (Lipinski definition) is 1. The predicted molar refractivity (Wildman–Crippen MR) is 52.9 cm³/mol. The molecule has 0 bridgehead atoms. The molecule has 0 aromatic heterocycles. The zero-order valence-corrected chi connectivity index (χ0v) is 11.1. The van der Waals surface area contributed by atoms with Gasteiger partial charge in [-0.3, -0.25) is 9.35 Å². The standard InChI is InChI=1S/C8H6O6S.Na/c9-6-5-3-1-2-4-8(5,7(10)14-6)15(11,12)13;/h1-5H,(H,11,12,13);. The number of rotatable bonds is 1. The van der Waals surface area contributed by atoms with E-state index in [9.17, 15) is 18.0 Å². The average molecular weight is 253 g/mol. The fraction of sp³-hybridized carbons (Fsp3) is 0.250. The molecule has 1 aliphatic heterocycles. The predicted octanol–water partition coefficient (Wildman–Crippen LogP) is -0.942. The maximum Gasteiger partial charge on any atom is 0.342 e. The summed E-state index contributed by atoms with van der Waals surface area (Å²) in [5.74, 6) is -3.54. The van der Waals surface area contributed by atoms with Crippen molar-refractivity contribution in [2.45, 2.75) is 4.75 Å². The molecular weight excluding hydrogens is 247 g/mol. The number of hydrogen-bond acceptors (Lipinski definition) is 5. The smallest absolute Gasteiger partial charge is 0.342 e. The van der Waals surface area contributed by atoms with Crippen LogP contribution in [-0.4, -0.2) is 59.2 Å². The molecule has 1 heterocycles. The summed E-state index contributed by atoms with van der Waals surface area (Å²) in [6, 6.07) is 0. The van der Waals surface area contributed by atoms with Gasteiger partial charge in [0, 0.05) is 29.6 Å². The molecule has 0 amide bonds. The average Bonchev–Trinajstić information content (AvgIpc) is 2.40. The van der Waals surface area contributed by atoms with E-state index in [1.54, 1.807) is 0 Å². The van der Waals surface area contributed by atoms with E-state index < -0.39 is 32.7 Å². The van der Waals surface area contributed by atoms with Gasteiger partial charge in [0.25, 0.3) is 10.1 Å². The van der Waals surface area contributed by atoms with Gasteiger partial charge < -0.3 is 4.74 Å². The van der Waals surface area contributed by atoms with E-state index in [0.717, 1.165) is 6.08 Å². The third-order valence-electron chi connectivity index (χ3n) is 2.41. The number of ether oxygens (including phenoxy) is 1. The third-order valence-corrected chi connectivity index (χ3v) is 3.82. The van der Waals surface area contributed by atoms with Crippen molar-refractivity contribution in [1.82, 2.24) is 0 Å². The van der Waals surface area contributed by atoms with Crippen LogP contribution in [0.2, 0.25) is 0 Å². The Hall–Kier alpha value is -0.470. The first kappa shape index (κ1) is 13.6. The molecule has 16 heavy (non-hydrogen) atoms. The monoisotopic (exact) mass is 253 g/mol. The summed E-state index contributed by atoms with van der Waals surface area (Å²) in [6.45, 7) is 0. The van der Waals surface area contributed by atoms with Gasteiger partial charge in [-0.25, -0.2) is 4.79 Å². The summed E-state index contributed by atoms with van der Waals surface area (Å²) in [5, 5.41) is 0. The van der Waals surface area contributed by atoms with Crippen LogP contribution in [-0.2, 0) is 24.4 Å². The van der Waals surface area contributed by atoms with E-state index in [0.29, 0.717) is 0 Å². The molecule has 1 radical (unpaired) electrons. The van der Waals surface area contributed by atoms with E-state index in [-0.39, 0.29) is 29.6 Å². The fourth-order valence-electron chi connectivity index (χ4n) is 1.66. The summed E-state index contributed by atoms with van der Waals surface area (Å²) in [5.41, 5.74) is 0. The number of allylic oxidation sites excluding steroid dienone is 2. The Kier molecular flexibility index (Phi) is 3.47. The van der Waals surface area contributed by atoms with Crippen molar-refractivity contribution in [2.75, 3.05) is 0 Å². The Morgan fingerprint density at radius 1 is 1.31 bits per heavy atom. The Bertz CT molecular complexity index is 505. The van der Waals surface area contributed by atoms with Crippen molar-refractivity contribution in [1.29, 1.82) is 0 Å². The molecule has 2 unspecified atom stereocenters. The van der Waals surface area contributed by atoms with Crippen LogP contribution in [0.15, 0.2) is 24.3 Å². The number of cyclic esters (lactones) is 2. The summed E-state index contributed by atoms with van der Waals surface area (Å²) in [7, 11) is -4.74. The van der Waals surface area contributed by atoms with Crippen molar-refractivity contribution in [3.63, 3.8) is 0 Å². The van der Waals surface area contributed by atoms with Crippen LogP contribution in [0.3, 0.4) is 0 Å². The van der Waals surface area contributed by atoms with E-state index in [1.165, 1.54) is 18.2 Å². The summed E-state index contributed by atoms with van der Waals surface area (Å²) in [6.07, 6.45) is 4.85. The van der Waals surface area contributed by atoms with E-state index in [4.69, 9.17) is 4.55 Å². The molecule has 8 heteroatoms. The normalized spacial score (nSPS) is 31.9. The van der Waals surface area contributed by atoms with Crippen LogP contribution >= 0.6 is 0 Å². The van der Waals surface area contributed by atoms with Gasteiger partial charge in [-0.1, -0.05) is 18.2 Å². The van der Waals surface area contributed by atoms with Gasteiger partial charge in [0.05, 0.1) is 0 Å². The van der Waals surface area contributed by atoms with Crippen LogP contribution in [0.4, 0.5) is 0 Å². The van der Waals surface area contributed by atoms with Crippen molar-refractivity contribution in [3.05, 3.63) is 24.3 Å². The van der Waals surface area contributed by atoms with E-state index >= 15 is 0 Å². The topological polar surface area (TPSA) is 97.7 Å². The van der Waals surface area contributed by atoms with E-state index in [1.807, 2.05) is 0 Å². The van der Waals surface area contributed by atoms with Crippen molar-refractivity contribution in [3.8, 4) is 0 Å². The third kappa shape index (κ3) is 1.59. The van der Waals surface area contributed by atoms with Gasteiger partial charge in [-0.15, -0.1) is 0 Å². The second-order valence-electron chi connectivity index (χ2n) is 3.20. The molecule has 0 aromatic rings. The maximum absolute atomic E-state index is 11.3. The minimum absolute atomic E-state index is 0. The Labute approximate surface area is 113 Å². The Morgan fingerprint density at radius 3 is 2.44 bits per heavy atom. The molecule has 2 rings (SSSR count). The quantitative estimate of drug-likeness (QED) is 0.280. The van der Waals surface area contributed by atoms with Gasteiger partial charge >= 0.3 is 11.9 Å². The molecule has 0 spiro atoms. The van der Waals surface area contributed by atoms with Crippen LogP contribution in [0, 0.1) is 5.92 Å². The first-order chi connectivity index (χ1) is 6.89. The second kappa shape index (κ2) is 4.08.